The predicted octanol–water partition coefficient (Wildman–Crippen LogP) is 11.6. The van der Waals surface area contributed by atoms with Gasteiger partial charge in [0, 0.05) is 44.0 Å². The van der Waals surface area contributed by atoms with Crippen molar-refractivity contribution in [2.45, 2.75) is 78.1 Å². The van der Waals surface area contributed by atoms with E-state index < -0.39 is 0 Å². The molecule has 0 amide bonds. The smallest absolute Gasteiger partial charge is 0.0996 e. The number of benzene rings is 2. The lowest BCUT2D eigenvalue weighted by Crippen LogP contribution is -1.96. The maximum absolute atomic E-state index is 5.47. The van der Waals surface area contributed by atoms with Crippen LogP contribution >= 0.6 is 22.7 Å². The number of pyridine rings is 2. The summed E-state index contributed by atoms with van der Waals surface area (Å²) in [6.45, 7) is 4.54. The highest BCUT2D eigenvalue weighted by Gasteiger charge is 2.19. The van der Waals surface area contributed by atoms with E-state index in [1.54, 1.807) is 0 Å². The Balaban J connectivity index is 1.41. The van der Waals surface area contributed by atoms with Gasteiger partial charge in [0.2, 0.25) is 0 Å². The molecular weight excluding hydrogens is 577 g/mol. The number of thiophene rings is 2. The summed E-state index contributed by atoms with van der Waals surface area (Å²) < 4.78 is 0. The molecule has 6 heteroatoms. The summed E-state index contributed by atoms with van der Waals surface area (Å²) in [5, 5.41) is 6.65. The first-order valence-corrected chi connectivity index (χ1v) is 17.9. The molecular formula is C38H38N4S2. The van der Waals surface area contributed by atoms with Gasteiger partial charge < -0.3 is 0 Å². The number of aromatic nitrogens is 4. The summed E-state index contributed by atoms with van der Waals surface area (Å²) in [7, 11) is 0. The van der Waals surface area contributed by atoms with Crippen LogP contribution in [-0.4, -0.2) is 19.9 Å². The fraction of sp³-hybridized carbons (Fsp3) is 0.316. The molecule has 5 aromatic heterocycles. The molecule has 44 heavy (non-hydrogen) atoms. The van der Waals surface area contributed by atoms with Crippen molar-refractivity contribution < 1.29 is 0 Å². The van der Waals surface area contributed by atoms with Crippen LogP contribution in [0.3, 0.4) is 0 Å². The summed E-state index contributed by atoms with van der Waals surface area (Å²) in [4.78, 5) is 22.9. The van der Waals surface area contributed by atoms with Gasteiger partial charge in [-0.15, -0.1) is 22.7 Å². The van der Waals surface area contributed by atoms with Crippen LogP contribution < -0.4 is 0 Å². The van der Waals surface area contributed by atoms with Gasteiger partial charge in [0.05, 0.1) is 33.1 Å². The fourth-order valence-corrected chi connectivity index (χ4v) is 8.24. The first-order chi connectivity index (χ1) is 21.7. The SMILES string of the molecule is CCCCCCc1csc(-c2ccc(-c3cc(CCCCCC)cs3)c3nc4c5cccnc5c5ncccc5c4nc23)c1. The van der Waals surface area contributed by atoms with Crippen LogP contribution in [0.1, 0.15) is 76.3 Å². The number of unbranched alkanes of at least 4 members (excludes halogenated alkanes) is 6. The molecule has 0 unspecified atom stereocenters. The fourth-order valence-electron chi connectivity index (χ4n) is 6.29. The predicted molar refractivity (Wildman–Crippen MR) is 190 cm³/mol. The Kier molecular flexibility index (Phi) is 8.63. The summed E-state index contributed by atoms with van der Waals surface area (Å²) in [6, 6.07) is 17.5. The molecule has 0 saturated carbocycles. The largest absolute Gasteiger partial charge is 0.254 e. The average Bonchev–Trinajstić information content (AvgIpc) is 3.74. The number of hydrogen-bond donors (Lipinski definition) is 0. The maximum Gasteiger partial charge on any atom is 0.0996 e. The van der Waals surface area contributed by atoms with Crippen LogP contribution in [0.15, 0.2) is 71.7 Å². The van der Waals surface area contributed by atoms with Crippen molar-refractivity contribution in [3.8, 4) is 20.9 Å². The lowest BCUT2D eigenvalue weighted by Gasteiger charge is -2.13. The molecule has 2 aromatic carbocycles. The van der Waals surface area contributed by atoms with E-state index in [9.17, 15) is 0 Å². The highest BCUT2D eigenvalue weighted by Crippen LogP contribution is 2.41. The van der Waals surface area contributed by atoms with Crippen molar-refractivity contribution in [1.29, 1.82) is 0 Å². The first-order valence-electron chi connectivity index (χ1n) is 16.2. The van der Waals surface area contributed by atoms with E-state index in [2.05, 4.69) is 61.0 Å². The minimum Gasteiger partial charge on any atom is -0.254 e. The number of aryl methyl sites for hydroxylation is 2. The van der Waals surface area contributed by atoms with Gasteiger partial charge in [0.1, 0.15) is 0 Å². The monoisotopic (exact) mass is 614 g/mol. The lowest BCUT2D eigenvalue weighted by atomic mass is 10.0. The molecule has 0 fully saturated rings. The van der Waals surface area contributed by atoms with Crippen molar-refractivity contribution in [3.63, 3.8) is 0 Å². The van der Waals surface area contributed by atoms with Gasteiger partial charge in [0.15, 0.2) is 0 Å². The minimum atomic E-state index is 0.874. The highest BCUT2D eigenvalue weighted by atomic mass is 32.1. The Labute approximate surface area is 267 Å². The summed E-state index contributed by atoms with van der Waals surface area (Å²) in [5.41, 5.74) is 10.6. The number of fused-ring (bicyclic) bond motifs is 7. The zero-order valence-electron chi connectivity index (χ0n) is 25.6. The Morgan fingerprint density at radius 2 is 1.00 bits per heavy atom. The van der Waals surface area contributed by atoms with Crippen LogP contribution in [0.2, 0.25) is 0 Å². The molecule has 0 aliphatic rings. The quantitative estimate of drug-likeness (QED) is 0.0780. The Hall–Kier alpha value is -3.74. The lowest BCUT2D eigenvalue weighted by molar-refractivity contribution is 0.667. The Bertz CT molecular complexity index is 1920. The van der Waals surface area contributed by atoms with E-state index in [-0.39, 0.29) is 0 Å². The van der Waals surface area contributed by atoms with Crippen molar-refractivity contribution in [2.24, 2.45) is 0 Å². The van der Waals surface area contributed by atoms with Gasteiger partial charge >= 0.3 is 0 Å². The maximum atomic E-state index is 5.47. The zero-order valence-corrected chi connectivity index (χ0v) is 27.2. The molecule has 7 rings (SSSR count). The Morgan fingerprint density at radius 1 is 0.523 bits per heavy atom. The molecule has 0 aliphatic heterocycles. The summed E-state index contributed by atoms with van der Waals surface area (Å²) in [5.74, 6) is 0. The molecule has 5 heterocycles. The molecule has 222 valence electrons. The number of hydrogen-bond acceptors (Lipinski definition) is 6. The second-order valence-corrected chi connectivity index (χ2v) is 13.7. The van der Waals surface area contributed by atoms with E-state index in [0.29, 0.717) is 0 Å². The van der Waals surface area contributed by atoms with Crippen LogP contribution in [0.25, 0.3) is 64.8 Å². The first kappa shape index (κ1) is 29.0. The van der Waals surface area contributed by atoms with E-state index >= 15 is 0 Å². The van der Waals surface area contributed by atoms with Crippen LogP contribution in [0, 0.1) is 0 Å². The van der Waals surface area contributed by atoms with Crippen molar-refractivity contribution in [1.82, 2.24) is 19.9 Å². The van der Waals surface area contributed by atoms with Gasteiger partial charge in [-0.1, -0.05) is 64.5 Å². The highest BCUT2D eigenvalue weighted by molar-refractivity contribution is 7.14. The molecule has 0 saturated heterocycles. The molecule has 0 radical (unpaired) electrons. The third kappa shape index (κ3) is 5.62. The van der Waals surface area contributed by atoms with Gasteiger partial charge in [-0.3, -0.25) is 9.97 Å². The summed E-state index contributed by atoms with van der Waals surface area (Å²) in [6.07, 6.45) is 16.2. The molecule has 0 atom stereocenters. The molecule has 0 spiro atoms. The number of nitrogens with zero attached hydrogens (tertiary/aromatic N) is 4. The second kappa shape index (κ2) is 13.1. The standard InChI is InChI=1S/C38H38N4S2/c1-3-5-7-9-13-25-21-31(43-23-25)27-17-18-28(32-22-26(24-44-32)14-10-8-6-4-2)36-35(27)41-37-29-15-11-19-39-33(29)34-30(38(37)42-36)16-12-20-40-34/h11-12,15-24H,3-10,13-14H2,1-2H3. The zero-order chi connectivity index (χ0) is 29.9. The second-order valence-electron chi connectivity index (χ2n) is 11.8. The van der Waals surface area contributed by atoms with Crippen LogP contribution in [0.5, 0.6) is 0 Å². The average molecular weight is 615 g/mol. The van der Waals surface area contributed by atoms with Crippen molar-refractivity contribution >= 4 is 66.5 Å². The van der Waals surface area contributed by atoms with Gasteiger partial charge in [0.25, 0.3) is 0 Å². The van der Waals surface area contributed by atoms with E-state index in [1.165, 1.54) is 72.2 Å². The van der Waals surface area contributed by atoms with Gasteiger partial charge in [-0.2, -0.15) is 0 Å². The molecule has 4 nitrogen and oxygen atoms in total. The van der Waals surface area contributed by atoms with E-state index in [1.807, 2.05) is 47.2 Å². The molecule has 0 aliphatic carbocycles. The summed E-state index contributed by atoms with van der Waals surface area (Å²) >= 11 is 3.65. The van der Waals surface area contributed by atoms with E-state index in [0.717, 1.165) is 67.8 Å². The Morgan fingerprint density at radius 3 is 1.45 bits per heavy atom. The van der Waals surface area contributed by atoms with Crippen LogP contribution in [0.4, 0.5) is 0 Å². The topological polar surface area (TPSA) is 51.6 Å². The van der Waals surface area contributed by atoms with Gasteiger partial charge in [-0.25, -0.2) is 9.97 Å². The normalized spacial score (nSPS) is 11.9. The van der Waals surface area contributed by atoms with Gasteiger partial charge in [-0.05, 0) is 84.0 Å². The van der Waals surface area contributed by atoms with Crippen molar-refractivity contribution in [2.75, 3.05) is 0 Å². The van der Waals surface area contributed by atoms with Crippen LogP contribution in [-0.2, 0) is 12.8 Å². The van der Waals surface area contributed by atoms with E-state index in [4.69, 9.17) is 19.9 Å². The third-order valence-electron chi connectivity index (χ3n) is 8.65. The van der Waals surface area contributed by atoms with Crippen molar-refractivity contribution in [3.05, 3.63) is 82.8 Å². The number of rotatable bonds is 12. The molecule has 0 N–H and O–H groups in total. The third-order valence-corrected chi connectivity index (χ3v) is 10.7. The molecule has 0 bridgehead atoms. The molecule has 7 aromatic rings. The minimum absolute atomic E-state index is 0.874.